The molecule has 0 aliphatic carbocycles. The van der Waals surface area contributed by atoms with E-state index < -0.39 is 0 Å². The van der Waals surface area contributed by atoms with Crippen molar-refractivity contribution in [1.82, 2.24) is 5.32 Å². The first-order valence-electron chi connectivity index (χ1n) is 6.45. The lowest BCUT2D eigenvalue weighted by Gasteiger charge is -2.33. The summed E-state index contributed by atoms with van der Waals surface area (Å²) < 4.78 is 0. The molecule has 1 rings (SSSR count). The second-order valence-electron chi connectivity index (χ2n) is 5.06. The van der Waals surface area contributed by atoms with Gasteiger partial charge in [0, 0.05) is 12.8 Å². The molecule has 0 aromatic heterocycles. The van der Waals surface area contributed by atoms with Crippen molar-refractivity contribution < 1.29 is 9.90 Å². The molecule has 1 heterocycles. The highest BCUT2D eigenvalue weighted by Gasteiger charge is 2.29. The Kier molecular flexibility index (Phi) is 6.25. The summed E-state index contributed by atoms with van der Waals surface area (Å²) in [6.45, 7) is 3.78. The van der Waals surface area contributed by atoms with Gasteiger partial charge in [0.05, 0.1) is 0 Å². The molecule has 0 saturated carbocycles. The van der Waals surface area contributed by atoms with Crippen LogP contribution < -0.4 is 5.32 Å². The Labute approximate surface area is 104 Å². The van der Waals surface area contributed by atoms with Crippen LogP contribution in [0.1, 0.15) is 32.6 Å². The van der Waals surface area contributed by atoms with Crippen LogP contribution in [0.5, 0.6) is 0 Å². The van der Waals surface area contributed by atoms with Crippen LogP contribution in [-0.2, 0) is 4.79 Å². The van der Waals surface area contributed by atoms with E-state index in [4.69, 9.17) is 11.5 Å². The molecule has 2 N–H and O–H groups in total. The van der Waals surface area contributed by atoms with Crippen LogP contribution in [0.3, 0.4) is 0 Å². The Morgan fingerprint density at radius 2 is 2.35 bits per heavy atom. The molecule has 3 unspecified atom stereocenters. The van der Waals surface area contributed by atoms with E-state index in [0.29, 0.717) is 24.2 Å². The lowest BCUT2D eigenvalue weighted by atomic mass is 9.75. The lowest BCUT2D eigenvalue weighted by Crippen LogP contribution is -2.35. The summed E-state index contributed by atoms with van der Waals surface area (Å²) >= 11 is 0. The molecule has 0 amide bonds. The number of hydrogen-bond acceptors (Lipinski definition) is 3. The van der Waals surface area contributed by atoms with E-state index in [0.717, 1.165) is 32.4 Å². The van der Waals surface area contributed by atoms with Gasteiger partial charge in [-0.25, -0.2) is 0 Å². The van der Waals surface area contributed by atoms with Gasteiger partial charge in [0.1, 0.15) is 6.61 Å². The van der Waals surface area contributed by atoms with Crippen LogP contribution in [0.4, 0.5) is 0 Å². The SMILES string of the molecule is C#CCC1CCCNCC(C)C1CC(=O)CO. The molecule has 0 aromatic rings. The fraction of sp³-hybridized carbons (Fsp3) is 0.786. The van der Waals surface area contributed by atoms with Crippen molar-refractivity contribution in [2.75, 3.05) is 19.7 Å². The fourth-order valence-electron chi connectivity index (χ4n) is 2.75. The van der Waals surface area contributed by atoms with E-state index in [1.54, 1.807) is 0 Å². The number of Topliss-reactive ketones (excluding diaryl/α,β-unsaturated/α-hetero) is 1. The number of aliphatic hydroxyl groups is 1. The minimum atomic E-state index is -0.348. The van der Waals surface area contributed by atoms with Crippen molar-refractivity contribution in [3.8, 4) is 12.3 Å². The Hall–Kier alpha value is -0.850. The predicted molar refractivity (Wildman–Crippen MR) is 68.4 cm³/mol. The zero-order valence-electron chi connectivity index (χ0n) is 10.6. The van der Waals surface area contributed by atoms with Crippen molar-refractivity contribution in [3.05, 3.63) is 0 Å². The number of carbonyl (C=O) groups excluding carboxylic acids is 1. The maximum absolute atomic E-state index is 11.5. The standard InChI is InChI=1S/C14H23NO2/c1-3-5-12-6-4-7-15-9-11(2)14(12)8-13(17)10-16/h1,11-12,14-16H,4-10H2,2H3. The van der Waals surface area contributed by atoms with Gasteiger partial charge in [0.2, 0.25) is 0 Å². The van der Waals surface area contributed by atoms with Gasteiger partial charge in [-0.3, -0.25) is 4.79 Å². The van der Waals surface area contributed by atoms with E-state index >= 15 is 0 Å². The fourth-order valence-corrected chi connectivity index (χ4v) is 2.75. The van der Waals surface area contributed by atoms with Gasteiger partial charge in [0.15, 0.2) is 5.78 Å². The number of aliphatic hydroxyl groups excluding tert-OH is 1. The Morgan fingerprint density at radius 1 is 1.59 bits per heavy atom. The summed E-state index contributed by atoms with van der Waals surface area (Å²) in [7, 11) is 0. The second kappa shape index (κ2) is 7.47. The highest BCUT2D eigenvalue weighted by molar-refractivity contribution is 5.79. The van der Waals surface area contributed by atoms with Crippen LogP contribution in [0.15, 0.2) is 0 Å². The van der Waals surface area contributed by atoms with E-state index in [2.05, 4.69) is 18.2 Å². The highest BCUT2D eigenvalue weighted by Crippen LogP contribution is 2.31. The van der Waals surface area contributed by atoms with Gasteiger partial charge in [0.25, 0.3) is 0 Å². The third-order valence-electron chi connectivity index (χ3n) is 3.75. The Balaban J connectivity index is 2.71. The molecule has 0 radical (unpaired) electrons. The Bertz CT molecular complexity index is 282. The largest absolute Gasteiger partial charge is 0.389 e. The topological polar surface area (TPSA) is 49.3 Å². The molecular formula is C14H23NO2. The second-order valence-corrected chi connectivity index (χ2v) is 5.06. The third-order valence-corrected chi connectivity index (χ3v) is 3.75. The highest BCUT2D eigenvalue weighted by atomic mass is 16.3. The average molecular weight is 237 g/mol. The first-order chi connectivity index (χ1) is 8.19. The van der Waals surface area contributed by atoms with Gasteiger partial charge in [-0.15, -0.1) is 12.3 Å². The van der Waals surface area contributed by atoms with Gasteiger partial charge < -0.3 is 10.4 Å². The van der Waals surface area contributed by atoms with Crippen molar-refractivity contribution >= 4 is 5.78 Å². The molecule has 1 aliphatic heterocycles. The number of hydrogen-bond donors (Lipinski definition) is 2. The zero-order chi connectivity index (χ0) is 12.7. The molecule has 3 atom stereocenters. The summed E-state index contributed by atoms with van der Waals surface area (Å²) in [6, 6.07) is 0. The maximum Gasteiger partial charge on any atom is 0.158 e. The lowest BCUT2D eigenvalue weighted by molar-refractivity contribution is -0.123. The first-order valence-corrected chi connectivity index (χ1v) is 6.45. The van der Waals surface area contributed by atoms with Gasteiger partial charge in [-0.05, 0) is 43.7 Å². The van der Waals surface area contributed by atoms with E-state index in [9.17, 15) is 4.79 Å². The minimum absolute atomic E-state index is 0.0653. The summed E-state index contributed by atoms with van der Waals surface area (Å²) in [5.41, 5.74) is 0. The first kappa shape index (κ1) is 14.2. The van der Waals surface area contributed by atoms with Crippen molar-refractivity contribution in [2.24, 2.45) is 17.8 Å². The number of ketones is 1. The van der Waals surface area contributed by atoms with E-state index in [1.807, 2.05) is 0 Å². The molecule has 3 nitrogen and oxygen atoms in total. The smallest absolute Gasteiger partial charge is 0.158 e. The Morgan fingerprint density at radius 3 is 3.00 bits per heavy atom. The van der Waals surface area contributed by atoms with Crippen molar-refractivity contribution in [3.63, 3.8) is 0 Å². The van der Waals surface area contributed by atoms with Crippen LogP contribution in [0.25, 0.3) is 0 Å². The molecule has 17 heavy (non-hydrogen) atoms. The average Bonchev–Trinajstić information content (AvgIpc) is 2.32. The number of carbonyl (C=O) groups is 1. The quantitative estimate of drug-likeness (QED) is 0.723. The van der Waals surface area contributed by atoms with Crippen LogP contribution in [0, 0.1) is 30.1 Å². The van der Waals surface area contributed by atoms with Gasteiger partial charge in [-0.2, -0.15) is 0 Å². The minimum Gasteiger partial charge on any atom is -0.389 e. The molecule has 96 valence electrons. The molecule has 0 spiro atoms. The number of nitrogens with one attached hydrogen (secondary N) is 1. The van der Waals surface area contributed by atoms with Crippen molar-refractivity contribution in [2.45, 2.75) is 32.6 Å². The van der Waals surface area contributed by atoms with E-state index in [-0.39, 0.29) is 12.4 Å². The van der Waals surface area contributed by atoms with Crippen molar-refractivity contribution in [1.29, 1.82) is 0 Å². The van der Waals surface area contributed by atoms with Crippen LogP contribution in [-0.4, -0.2) is 30.6 Å². The molecule has 1 fully saturated rings. The summed E-state index contributed by atoms with van der Waals surface area (Å²) in [4.78, 5) is 11.5. The van der Waals surface area contributed by atoms with Gasteiger partial charge >= 0.3 is 0 Å². The maximum atomic E-state index is 11.5. The predicted octanol–water partition coefficient (Wildman–Crippen LogP) is 1.21. The molecule has 0 aromatic carbocycles. The van der Waals surface area contributed by atoms with Crippen LogP contribution >= 0.6 is 0 Å². The molecule has 1 saturated heterocycles. The monoisotopic (exact) mass is 237 g/mol. The normalized spacial score (nSPS) is 30.1. The van der Waals surface area contributed by atoms with Crippen LogP contribution in [0.2, 0.25) is 0 Å². The summed E-state index contributed by atoms with van der Waals surface area (Å²) in [5.74, 6) is 3.83. The van der Waals surface area contributed by atoms with E-state index in [1.165, 1.54) is 0 Å². The van der Waals surface area contributed by atoms with Gasteiger partial charge in [-0.1, -0.05) is 6.92 Å². The molecule has 1 aliphatic rings. The molecule has 0 bridgehead atoms. The molecular weight excluding hydrogens is 214 g/mol. The summed E-state index contributed by atoms with van der Waals surface area (Å²) in [6.07, 6.45) is 8.82. The third kappa shape index (κ3) is 4.49. The summed E-state index contributed by atoms with van der Waals surface area (Å²) in [5, 5.41) is 12.3. The number of rotatable bonds is 4. The molecule has 3 heteroatoms. The zero-order valence-corrected chi connectivity index (χ0v) is 10.6. The number of terminal acetylenes is 1.